The largest absolute Gasteiger partial charge is 0.511 e. The molecule has 1 aliphatic heterocycles. The molecule has 3 aromatic rings. The van der Waals surface area contributed by atoms with Gasteiger partial charge >= 0.3 is 12.3 Å². The molecule has 0 radical (unpaired) electrons. The van der Waals surface area contributed by atoms with Crippen LogP contribution < -0.4 is 5.32 Å². The van der Waals surface area contributed by atoms with Crippen LogP contribution in [-0.2, 0) is 16.0 Å². The highest BCUT2D eigenvalue weighted by Crippen LogP contribution is 2.32. The van der Waals surface area contributed by atoms with E-state index in [2.05, 4.69) is 25.0 Å². The van der Waals surface area contributed by atoms with Gasteiger partial charge in [0.05, 0.1) is 25.2 Å². The van der Waals surface area contributed by atoms with E-state index in [0.717, 1.165) is 5.76 Å². The van der Waals surface area contributed by atoms with E-state index < -0.39 is 43.3 Å². The fourth-order valence-corrected chi connectivity index (χ4v) is 2.93. The van der Waals surface area contributed by atoms with Crippen molar-refractivity contribution in [3.8, 4) is 0 Å². The lowest BCUT2D eigenvalue weighted by atomic mass is 10.1. The Balaban J connectivity index is 0.000000446. The summed E-state index contributed by atoms with van der Waals surface area (Å²) in [5, 5.41) is 75.3. The molecule has 1 aliphatic rings. The molecule has 0 aromatic carbocycles. The zero-order valence-electron chi connectivity index (χ0n) is 18.9. The number of rotatable bonds is 5. The van der Waals surface area contributed by atoms with E-state index in [4.69, 9.17) is 44.9 Å². The molecule has 0 spiro atoms. The molecule has 3 aromatic heterocycles. The topological polar surface area (TPSA) is 318 Å². The third-order valence-electron chi connectivity index (χ3n) is 4.34. The van der Waals surface area contributed by atoms with Crippen LogP contribution in [0.5, 0.6) is 0 Å². The summed E-state index contributed by atoms with van der Waals surface area (Å²) in [6, 6.07) is 3.67. The summed E-state index contributed by atoms with van der Waals surface area (Å²) in [5.41, 5.74) is 1.06. The summed E-state index contributed by atoms with van der Waals surface area (Å²) in [7, 11) is 0. The van der Waals surface area contributed by atoms with E-state index in [0.29, 0.717) is 23.5 Å². The third kappa shape index (κ3) is 9.47. The SMILES string of the molecule is C[C@H]1O[C@@H](n2cnc3c(NCc4ccco4)ncnc32)[C@H](O)C1O.O.O=C(O)OC(O)(O)O.OC(O)O. The summed E-state index contributed by atoms with van der Waals surface area (Å²) in [4.78, 5) is 22.1. The van der Waals surface area contributed by atoms with Crippen LogP contribution in [-0.4, -0.2) is 108 Å². The molecule has 0 saturated carbocycles. The number of nitrogens with one attached hydrogen (secondary N) is 1. The van der Waals surface area contributed by atoms with E-state index in [9.17, 15) is 15.0 Å². The second-order valence-corrected chi connectivity index (χ2v) is 6.98. The van der Waals surface area contributed by atoms with Gasteiger partial charge in [0.15, 0.2) is 23.2 Å². The first-order valence-electron chi connectivity index (χ1n) is 9.88. The van der Waals surface area contributed by atoms with Crippen molar-refractivity contribution in [3.05, 3.63) is 36.8 Å². The number of hydrogen-bond donors (Lipinski definition) is 10. The highest BCUT2D eigenvalue weighted by atomic mass is 16.9. The molecule has 37 heavy (non-hydrogen) atoms. The van der Waals surface area contributed by atoms with E-state index in [1.165, 1.54) is 12.7 Å². The average molecular weight is 537 g/mol. The number of carboxylic acid groups (broad SMARTS) is 1. The van der Waals surface area contributed by atoms with Crippen molar-refractivity contribution in [2.45, 2.75) is 50.6 Å². The monoisotopic (exact) mass is 537 g/mol. The molecule has 19 nitrogen and oxygen atoms in total. The Morgan fingerprint density at radius 3 is 2.30 bits per heavy atom. The molecule has 0 bridgehead atoms. The maximum absolute atomic E-state index is 10.2. The number of aliphatic hydroxyl groups is 8. The Morgan fingerprint density at radius 1 is 1.19 bits per heavy atom. The number of aromatic nitrogens is 4. The minimum atomic E-state index is -3.58. The minimum Gasteiger partial charge on any atom is -0.467 e. The van der Waals surface area contributed by atoms with Crippen molar-refractivity contribution in [1.29, 1.82) is 0 Å². The second-order valence-electron chi connectivity index (χ2n) is 6.98. The first-order chi connectivity index (χ1) is 16.8. The van der Waals surface area contributed by atoms with E-state index >= 15 is 0 Å². The van der Waals surface area contributed by atoms with Gasteiger partial charge in [0.2, 0.25) is 0 Å². The molecule has 4 rings (SSSR count). The number of imidazole rings is 1. The molecule has 4 heterocycles. The van der Waals surface area contributed by atoms with Crippen molar-refractivity contribution in [2.75, 3.05) is 5.32 Å². The van der Waals surface area contributed by atoms with Crippen molar-refractivity contribution >= 4 is 23.1 Å². The van der Waals surface area contributed by atoms with Gasteiger partial charge in [0.25, 0.3) is 6.48 Å². The first kappa shape index (κ1) is 31.5. The molecule has 208 valence electrons. The summed E-state index contributed by atoms with van der Waals surface area (Å²) in [6.45, 7) is 0.00259. The van der Waals surface area contributed by atoms with E-state index in [1.807, 2.05) is 12.1 Å². The van der Waals surface area contributed by atoms with Crippen LogP contribution in [0.3, 0.4) is 0 Å². The van der Waals surface area contributed by atoms with Crippen LogP contribution in [0.15, 0.2) is 35.5 Å². The Labute approximate surface area is 206 Å². The van der Waals surface area contributed by atoms with Crippen molar-refractivity contribution in [1.82, 2.24) is 19.5 Å². The lowest BCUT2D eigenvalue weighted by Crippen LogP contribution is -2.33. The second kappa shape index (κ2) is 13.7. The fraction of sp³-hybridized carbons (Fsp3) is 0.444. The van der Waals surface area contributed by atoms with Gasteiger partial charge in [-0.3, -0.25) is 4.57 Å². The molecule has 4 atom stereocenters. The Kier molecular flexibility index (Phi) is 11.7. The molecule has 1 saturated heterocycles. The quantitative estimate of drug-likeness (QED) is 0.111. The standard InChI is InChI=1S/C15H17N5O4.C2H4O6.CH4O3.H2O/c1-8-11(21)12(22)15(24-8)20-7-19-10-13(17-6-18-14(10)20)16-5-9-3-2-4-23-9;3-1(4)8-2(5,6)7;2-1(3)4;/h2-4,6-8,11-12,15,21-22H,5H2,1H3,(H,16,17,18);5-7H,(H,3,4);1-4H;1H2/t8-,11?,12-,15-;;;/m1.../s1. The Hall–Kier alpha value is -3.50. The van der Waals surface area contributed by atoms with Crippen LogP contribution in [0.1, 0.15) is 18.9 Å². The Morgan fingerprint density at radius 2 is 1.84 bits per heavy atom. The van der Waals surface area contributed by atoms with Crippen LogP contribution in [0.25, 0.3) is 11.2 Å². The number of ether oxygens (including phenoxy) is 2. The average Bonchev–Trinajstić information content (AvgIpc) is 3.47. The van der Waals surface area contributed by atoms with Gasteiger partial charge in [-0.25, -0.2) is 19.7 Å². The molecule has 19 heteroatoms. The summed E-state index contributed by atoms with van der Waals surface area (Å²) < 4.78 is 15.5. The molecule has 0 aliphatic carbocycles. The van der Waals surface area contributed by atoms with Crippen molar-refractivity contribution in [2.24, 2.45) is 0 Å². The number of carbonyl (C=O) groups is 1. The highest BCUT2D eigenvalue weighted by Gasteiger charge is 2.42. The lowest BCUT2D eigenvalue weighted by Gasteiger charge is -2.16. The van der Waals surface area contributed by atoms with Crippen LogP contribution in [0.4, 0.5) is 10.6 Å². The molecule has 12 N–H and O–H groups in total. The number of fused-ring (bicyclic) bond motifs is 1. The molecule has 1 fully saturated rings. The molecular formula is C18H27N5O14. The maximum atomic E-state index is 10.2. The van der Waals surface area contributed by atoms with Crippen LogP contribution in [0.2, 0.25) is 0 Å². The number of aliphatic hydroxyl groups excluding tert-OH is 3. The molecule has 1 unspecified atom stereocenters. The first-order valence-corrected chi connectivity index (χ1v) is 9.88. The van der Waals surface area contributed by atoms with Crippen molar-refractivity contribution in [3.63, 3.8) is 0 Å². The number of hydrogen-bond acceptors (Lipinski definition) is 16. The van der Waals surface area contributed by atoms with E-state index in [-0.39, 0.29) is 5.48 Å². The smallest absolute Gasteiger partial charge is 0.467 e. The number of anilines is 1. The summed E-state index contributed by atoms with van der Waals surface area (Å²) in [5.74, 6) is 1.32. The highest BCUT2D eigenvalue weighted by molar-refractivity contribution is 5.82. The van der Waals surface area contributed by atoms with Gasteiger partial charge in [0, 0.05) is 0 Å². The number of furan rings is 1. The minimum absolute atomic E-state index is 0. The van der Waals surface area contributed by atoms with Gasteiger partial charge in [-0.15, -0.1) is 0 Å². The predicted octanol–water partition coefficient (Wildman–Crippen LogP) is -3.64. The van der Waals surface area contributed by atoms with Crippen LogP contribution in [0, 0.1) is 0 Å². The molecular weight excluding hydrogens is 510 g/mol. The van der Waals surface area contributed by atoms with Gasteiger partial charge in [-0.1, -0.05) is 0 Å². The van der Waals surface area contributed by atoms with Gasteiger partial charge in [0.1, 0.15) is 24.3 Å². The Bertz CT molecular complexity index is 1080. The van der Waals surface area contributed by atoms with Gasteiger partial charge < -0.3 is 70.6 Å². The zero-order chi connectivity index (χ0) is 27.0. The normalized spacial score (nSPS) is 20.8. The predicted molar refractivity (Wildman–Crippen MR) is 116 cm³/mol. The summed E-state index contributed by atoms with van der Waals surface area (Å²) in [6.07, 6.45) is -4.23. The number of nitrogens with zero attached hydrogens (tertiary/aromatic N) is 4. The van der Waals surface area contributed by atoms with E-state index in [1.54, 1.807) is 17.8 Å². The molecule has 0 amide bonds. The van der Waals surface area contributed by atoms with Gasteiger partial charge in [-0.2, -0.15) is 0 Å². The van der Waals surface area contributed by atoms with Crippen molar-refractivity contribution < 1.29 is 70.1 Å². The lowest BCUT2D eigenvalue weighted by molar-refractivity contribution is -0.434. The summed E-state index contributed by atoms with van der Waals surface area (Å²) >= 11 is 0. The fourth-order valence-electron chi connectivity index (χ4n) is 2.93. The zero-order valence-corrected chi connectivity index (χ0v) is 18.9. The third-order valence-corrected chi connectivity index (χ3v) is 4.34. The van der Waals surface area contributed by atoms with Gasteiger partial charge in [-0.05, 0) is 19.1 Å². The maximum Gasteiger partial charge on any atom is 0.511 e. The van der Waals surface area contributed by atoms with Crippen LogP contribution >= 0.6 is 0 Å².